The molecule has 2 fully saturated rings. The summed E-state index contributed by atoms with van der Waals surface area (Å²) < 4.78 is 13.9. The van der Waals surface area contributed by atoms with E-state index in [-0.39, 0.29) is 17.5 Å². The maximum Gasteiger partial charge on any atom is 0.322 e. The number of aromatic nitrogens is 1. The summed E-state index contributed by atoms with van der Waals surface area (Å²) in [6.45, 7) is 3.38. The minimum Gasteiger partial charge on any atom is -0.351 e. The van der Waals surface area contributed by atoms with Gasteiger partial charge in [0.15, 0.2) is 11.6 Å². The molecule has 2 aromatic rings. The van der Waals surface area contributed by atoms with Crippen LogP contribution in [-0.4, -0.2) is 53.9 Å². The molecule has 3 heterocycles. The normalized spacial score (nSPS) is 21.7. The van der Waals surface area contributed by atoms with Crippen molar-refractivity contribution in [3.8, 4) is 0 Å². The van der Waals surface area contributed by atoms with E-state index in [0.717, 1.165) is 0 Å². The van der Waals surface area contributed by atoms with Crippen LogP contribution in [0.1, 0.15) is 22.8 Å². The third-order valence-electron chi connectivity index (χ3n) is 5.34. The Morgan fingerprint density at radius 2 is 1.90 bits per heavy atom. The Morgan fingerprint density at radius 1 is 1.14 bits per heavy atom. The molecule has 2 saturated heterocycles. The number of nitrogens with zero attached hydrogens (tertiary/aromatic N) is 3. The van der Waals surface area contributed by atoms with E-state index in [1.165, 1.54) is 6.07 Å². The summed E-state index contributed by atoms with van der Waals surface area (Å²) in [6.07, 6.45) is 1.54. The quantitative estimate of drug-likeness (QED) is 0.760. The van der Waals surface area contributed by atoms with E-state index in [1.807, 2.05) is 4.90 Å². The van der Waals surface area contributed by atoms with Crippen molar-refractivity contribution >= 4 is 23.7 Å². The van der Waals surface area contributed by atoms with Gasteiger partial charge in [-0.1, -0.05) is 12.1 Å². The van der Waals surface area contributed by atoms with Crippen molar-refractivity contribution in [1.29, 1.82) is 0 Å². The number of urea groups is 1. The van der Waals surface area contributed by atoms with Crippen LogP contribution in [0.2, 0.25) is 0 Å². The molecule has 1 aromatic heterocycles. The van der Waals surface area contributed by atoms with Gasteiger partial charge in [-0.3, -0.25) is 14.9 Å². The fourth-order valence-corrected chi connectivity index (χ4v) is 3.62. The van der Waals surface area contributed by atoms with Gasteiger partial charge in [0.25, 0.3) is 11.8 Å². The molecule has 1 atom stereocenters. The third-order valence-corrected chi connectivity index (χ3v) is 5.34. The second-order valence-corrected chi connectivity index (χ2v) is 7.20. The molecule has 8 nitrogen and oxygen atoms in total. The van der Waals surface area contributed by atoms with E-state index >= 15 is 0 Å². The van der Waals surface area contributed by atoms with Gasteiger partial charge in [0, 0.05) is 37.9 Å². The highest BCUT2D eigenvalue weighted by atomic mass is 19.1. The topological polar surface area (TPSA) is 94.6 Å². The number of imide groups is 1. The highest BCUT2D eigenvalue weighted by Gasteiger charge is 2.43. The summed E-state index contributed by atoms with van der Waals surface area (Å²) >= 11 is 0. The average Bonchev–Trinajstić information content (AvgIpc) is 3.00. The average molecular weight is 397 g/mol. The first-order valence-electron chi connectivity index (χ1n) is 9.27. The van der Waals surface area contributed by atoms with Crippen LogP contribution in [0.15, 0.2) is 42.6 Å². The summed E-state index contributed by atoms with van der Waals surface area (Å²) in [4.78, 5) is 44.2. The number of benzene rings is 1. The molecule has 1 aromatic carbocycles. The molecule has 0 radical (unpaired) electrons. The van der Waals surface area contributed by atoms with Crippen molar-refractivity contribution < 1.29 is 18.8 Å². The van der Waals surface area contributed by atoms with E-state index in [1.54, 1.807) is 48.4 Å². The fourth-order valence-electron chi connectivity index (χ4n) is 3.62. The van der Waals surface area contributed by atoms with Crippen LogP contribution in [0.25, 0.3) is 0 Å². The van der Waals surface area contributed by atoms with Crippen LogP contribution in [0, 0.1) is 5.82 Å². The highest BCUT2D eigenvalue weighted by molar-refractivity contribution is 6.07. The molecule has 29 heavy (non-hydrogen) atoms. The van der Waals surface area contributed by atoms with Gasteiger partial charge in [-0.2, -0.15) is 0 Å². The van der Waals surface area contributed by atoms with Crippen LogP contribution in [0.5, 0.6) is 0 Å². The first-order valence-corrected chi connectivity index (χ1v) is 9.27. The van der Waals surface area contributed by atoms with E-state index in [9.17, 15) is 18.8 Å². The number of pyridine rings is 1. The molecule has 9 heteroatoms. The van der Waals surface area contributed by atoms with Gasteiger partial charge in [0.05, 0.1) is 0 Å². The lowest BCUT2D eigenvalue weighted by Crippen LogP contribution is -2.49. The SMILES string of the molecule is CC1(c2cccc(C(=O)N3CCN(c4ncccc4F)CC3)c2)NC(=O)NC1=O. The maximum absolute atomic E-state index is 13.9. The summed E-state index contributed by atoms with van der Waals surface area (Å²) in [5.41, 5.74) is -0.265. The number of anilines is 1. The van der Waals surface area contributed by atoms with Crippen LogP contribution >= 0.6 is 0 Å². The van der Waals surface area contributed by atoms with E-state index in [4.69, 9.17) is 0 Å². The van der Waals surface area contributed by atoms with Crippen molar-refractivity contribution in [2.75, 3.05) is 31.1 Å². The van der Waals surface area contributed by atoms with Gasteiger partial charge >= 0.3 is 6.03 Å². The second kappa shape index (κ2) is 7.16. The summed E-state index contributed by atoms with van der Waals surface area (Å²) in [6, 6.07) is 9.03. The molecular weight excluding hydrogens is 377 g/mol. The van der Waals surface area contributed by atoms with Gasteiger partial charge in [-0.15, -0.1) is 0 Å². The minimum atomic E-state index is -1.22. The molecule has 4 amide bonds. The predicted molar refractivity (Wildman–Crippen MR) is 103 cm³/mol. The zero-order valence-electron chi connectivity index (χ0n) is 15.8. The Balaban J connectivity index is 1.48. The molecule has 2 N–H and O–H groups in total. The predicted octanol–water partition coefficient (Wildman–Crippen LogP) is 1.24. The molecule has 4 rings (SSSR count). The summed E-state index contributed by atoms with van der Waals surface area (Å²) in [7, 11) is 0. The van der Waals surface area contributed by atoms with Crippen LogP contribution in [-0.2, 0) is 10.3 Å². The first kappa shape index (κ1) is 18.9. The lowest BCUT2D eigenvalue weighted by Gasteiger charge is -2.35. The van der Waals surface area contributed by atoms with Crippen LogP contribution in [0.3, 0.4) is 0 Å². The Morgan fingerprint density at radius 3 is 2.55 bits per heavy atom. The molecule has 2 aliphatic heterocycles. The molecule has 0 aliphatic carbocycles. The number of hydrogen-bond donors (Lipinski definition) is 2. The largest absolute Gasteiger partial charge is 0.351 e. The van der Waals surface area contributed by atoms with E-state index < -0.39 is 17.5 Å². The Kier molecular flexibility index (Phi) is 4.65. The number of nitrogens with one attached hydrogen (secondary N) is 2. The lowest BCUT2D eigenvalue weighted by molar-refractivity contribution is -0.123. The zero-order chi connectivity index (χ0) is 20.6. The Bertz CT molecular complexity index is 990. The van der Waals surface area contributed by atoms with Crippen molar-refractivity contribution in [3.05, 3.63) is 59.5 Å². The monoisotopic (exact) mass is 397 g/mol. The van der Waals surface area contributed by atoms with Crippen molar-refractivity contribution in [2.24, 2.45) is 0 Å². The molecular formula is C20H20FN5O3. The number of amides is 4. The molecule has 150 valence electrons. The van der Waals surface area contributed by atoms with E-state index in [0.29, 0.717) is 37.3 Å². The van der Waals surface area contributed by atoms with Gasteiger partial charge in [0.2, 0.25) is 0 Å². The molecule has 0 saturated carbocycles. The number of rotatable bonds is 3. The van der Waals surface area contributed by atoms with Crippen LogP contribution in [0.4, 0.5) is 15.0 Å². The number of piperazine rings is 1. The molecule has 1 unspecified atom stereocenters. The summed E-state index contributed by atoms with van der Waals surface area (Å²) in [5.74, 6) is -0.734. The number of halogens is 1. The number of hydrogen-bond acceptors (Lipinski definition) is 5. The smallest absolute Gasteiger partial charge is 0.322 e. The second-order valence-electron chi connectivity index (χ2n) is 7.20. The van der Waals surface area contributed by atoms with Crippen LogP contribution < -0.4 is 15.5 Å². The zero-order valence-corrected chi connectivity index (χ0v) is 15.8. The Labute approximate surface area is 166 Å². The third kappa shape index (κ3) is 3.39. The molecule has 2 aliphatic rings. The molecule has 0 spiro atoms. The lowest BCUT2D eigenvalue weighted by atomic mass is 9.91. The Hall–Kier alpha value is -3.49. The minimum absolute atomic E-state index is 0.179. The number of carbonyl (C=O) groups is 3. The highest BCUT2D eigenvalue weighted by Crippen LogP contribution is 2.26. The maximum atomic E-state index is 13.9. The standard InChI is InChI=1S/C20H20FN5O3/c1-20(18(28)23-19(29)24-20)14-5-2-4-13(12-14)17(27)26-10-8-25(9-11-26)16-15(21)6-3-7-22-16/h2-7,12H,8-11H2,1H3,(H2,23,24,28,29). The summed E-state index contributed by atoms with van der Waals surface area (Å²) in [5, 5.41) is 4.81. The van der Waals surface area contributed by atoms with Gasteiger partial charge in [-0.25, -0.2) is 14.2 Å². The number of carbonyl (C=O) groups excluding carboxylic acids is 3. The fraction of sp³-hybridized carbons (Fsp3) is 0.300. The first-order chi connectivity index (χ1) is 13.9. The van der Waals surface area contributed by atoms with Crippen molar-refractivity contribution in [3.63, 3.8) is 0 Å². The van der Waals surface area contributed by atoms with E-state index in [2.05, 4.69) is 15.6 Å². The van der Waals surface area contributed by atoms with Crippen molar-refractivity contribution in [1.82, 2.24) is 20.5 Å². The van der Waals surface area contributed by atoms with Gasteiger partial charge < -0.3 is 15.1 Å². The van der Waals surface area contributed by atoms with Gasteiger partial charge in [0.1, 0.15) is 5.54 Å². The van der Waals surface area contributed by atoms with Gasteiger partial charge in [-0.05, 0) is 36.8 Å². The molecule has 0 bridgehead atoms. The van der Waals surface area contributed by atoms with Crippen molar-refractivity contribution in [2.45, 2.75) is 12.5 Å².